The van der Waals surface area contributed by atoms with E-state index in [4.69, 9.17) is 0 Å². The Bertz CT molecular complexity index is 451. The van der Waals surface area contributed by atoms with Gasteiger partial charge in [0.05, 0.1) is 6.04 Å². The smallest absolute Gasteiger partial charge is 0.241 e. The summed E-state index contributed by atoms with van der Waals surface area (Å²) in [7, 11) is 0. The molecule has 0 radical (unpaired) electrons. The number of amides is 1. The van der Waals surface area contributed by atoms with Crippen LogP contribution in [0.15, 0.2) is 17.5 Å². The van der Waals surface area contributed by atoms with Crippen LogP contribution in [0.2, 0.25) is 0 Å². The second kappa shape index (κ2) is 4.91. The Morgan fingerprint density at radius 2 is 2.21 bits per heavy atom. The molecule has 0 bridgehead atoms. The number of thiophene rings is 1. The van der Waals surface area contributed by atoms with Gasteiger partial charge in [-0.25, -0.2) is 0 Å². The molecule has 2 fully saturated rings. The summed E-state index contributed by atoms with van der Waals surface area (Å²) in [5, 5.41) is 5.52. The Hall–Kier alpha value is -0.870. The van der Waals surface area contributed by atoms with Gasteiger partial charge in [-0.3, -0.25) is 10.1 Å². The van der Waals surface area contributed by atoms with E-state index in [2.05, 4.69) is 34.7 Å². The maximum absolute atomic E-state index is 12.4. The molecule has 19 heavy (non-hydrogen) atoms. The lowest BCUT2D eigenvalue weighted by molar-refractivity contribution is -0.131. The van der Waals surface area contributed by atoms with E-state index in [0.29, 0.717) is 5.41 Å². The SMILES string of the molecule is CC1NC(c2cccs2)N(CC2(C)CCCC2)C1=O. The fourth-order valence-electron chi connectivity index (χ4n) is 3.42. The molecule has 3 nitrogen and oxygen atoms in total. The van der Waals surface area contributed by atoms with Crippen LogP contribution in [-0.2, 0) is 4.79 Å². The molecular weight excluding hydrogens is 256 g/mol. The summed E-state index contributed by atoms with van der Waals surface area (Å²) in [6.45, 7) is 5.20. The Morgan fingerprint density at radius 3 is 2.84 bits per heavy atom. The third kappa shape index (κ3) is 2.43. The highest BCUT2D eigenvalue weighted by atomic mass is 32.1. The van der Waals surface area contributed by atoms with E-state index in [-0.39, 0.29) is 18.1 Å². The van der Waals surface area contributed by atoms with Crippen molar-refractivity contribution in [1.29, 1.82) is 0 Å². The van der Waals surface area contributed by atoms with Crippen molar-refractivity contribution >= 4 is 17.2 Å². The summed E-state index contributed by atoms with van der Waals surface area (Å²) < 4.78 is 0. The highest BCUT2D eigenvalue weighted by Crippen LogP contribution is 2.41. The van der Waals surface area contributed by atoms with Gasteiger partial charge in [0.2, 0.25) is 5.91 Å². The lowest BCUT2D eigenvalue weighted by Crippen LogP contribution is -2.38. The second-order valence-corrected chi connectivity index (χ2v) is 7.27. The van der Waals surface area contributed by atoms with Crippen molar-refractivity contribution in [3.05, 3.63) is 22.4 Å². The lowest BCUT2D eigenvalue weighted by Gasteiger charge is -2.33. The maximum atomic E-state index is 12.4. The van der Waals surface area contributed by atoms with Crippen LogP contribution in [-0.4, -0.2) is 23.4 Å². The van der Waals surface area contributed by atoms with E-state index in [1.165, 1.54) is 30.6 Å². The zero-order valence-electron chi connectivity index (χ0n) is 11.7. The fraction of sp³-hybridized carbons (Fsp3) is 0.667. The molecule has 0 aromatic carbocycles. The molecule has 2 unspecified atom stereocenters. The highest BCUT2D eigenvalue weighted by Gasteiger charge is 2.42. The first kappa shape index (κ1) is 13.1. The van der Waals surface area contributed by atoms with Crippen molar-refractivity contribution in [2.24, 2.45) is 5.41 Å². The van der Waals surface area contributed by atoms with Gasteiger partial charge in [-0.1, -0.05) is 25.8 Å². The van der Waals surface area contributed by atoms with Crippen molar-refractivity contribution in [1.82, 2.24) is 10.2 Å². The van der Waals surface area contributed by atoms with Crippen LogP contribution in [0, 0.1) is 5.41 Å². The van der Waals surface area contributed by atoms with Crippen LogP contribution in [0.25, 0.3) is 0 Å². The Balaban J connectivity index is 1.81. The molecule has 1 saturated heterocycles. The third-order valence-corrected chi connectivity index (χ3v) is 5.47. The fourth-order valence-corrected chi connectivity index (χ4v) is 4.22. The summed E-state index contributed by atoms with van der Waals surface area (Å²) in [5.41, 5.74) is 0.316. The van der Waals surface area contributed by atoms with Crippen LogP contribution in [0.4, 0.5) is 0 Å². The lowest BCUT2D eigenvalue weighted by atomic mass is 9.88. The number of carbonyl (C=O) groups excluding carboxylic acids is 1. The summed E-state index contributed by atoms with van der Waals surface area (Å²) >= 11 is 1.73. The number of hydrogen-bond donors (Lipinski definition) is 1. The number of rotatable bonds is 3. The first-order valence-electron chi connectivity index (χ1n) is 7.19. The van der Waals surface area contributed by atoms with Crippen molar-refractivity contribution in [2.45, 2.75) is 51.7 Å². The van der Waals surface area contributed by atoms with E-state index < -0.39 is 0 Å². The zero-order chi connectivity index (χ0) is 13.5. The average Bonchev–Trinajstić information content (AvgIpc) is 3.08. The minimum Gasteiger partial charge on any atom is -0.320 e. The van der Waals surface area contributed by atoms with Crippen LogP contribution < -0.4 is 5.32 Å². The number of carbonyl (C=O) groups is 1. The van der Waals surface area contributed by atoms with Gasteiger partial charge < -0.3 is 4.90 Å². The van der Waals surface area contributed by atoms with Gasteiger partial charge in [0.1, 0.15) is 6.17 Å². The van der Waals surface area contributed by atoms with Gasteiger partial charge in [0.15, 0.2) is 0 Å². The number of nitrogens with one attached hydrogen (secondary N) is 1. The molecule has 2 atom stereocenters. The van der Waals surface area contributed by atoms with Crippen molar-refractivity contribution in [3.8, 4) is 0 Å². The van der Waals surface area contributed by atoms with Gasteiger partial charge in [-0.15, -0.1) is 11.3 Å². The minimum atomic E-state index is -0.0582. The topological polar surface area (TPSA) is 32.3 Å². The van der Waals surface area contributed by atoms with E-state index in [0.717, 1.165) is 6.54 Å². The van der Waals surface area contributed by atoms with Crippen molar-refractivity contribution < 1.29 is 4.79 Å². The molecule has 1 aliphatic heterocycles. The van der Waals surface area contributed by atoms with Crippen molar-refractivity contribution in [2.75, 3.05) is 6.54 Å². The summed E-state index contributed by atoms with van der Waals surface area (Å²) in [6.07, 6.45) is 5.21. The predicted octanol–water partition coefficient (Wildman–Crippen LogP) is 3.15. The zero-order valence-corrected chi connectivity index (χ0v) is 12.5. The van der Waals surface area contributed by atoms with Crippen LogP contribution in [0.3, 0.4) is 0 Å². The molecule has 0 spiro atoms. The van der Waals surface area contributed by atoms with E-state index >= 15 is 0 Å². The molecule has 1 aromatic rings. The first-order valence-corrected chi connectivity index (χ1v) is 8.07. The van der Waals surface area contributed by atoms with Crippen LogP contribution in [0.1, 0.15) is 50.6 Å². The van der Waals surface area contributed by atoms with Gasteiger partial charge >= 0.3 is 0 Å². The van der Waals surface area contributed by atoms with Crippen LogP contribution >= 0.6 is 11.3 Å². The minimum absolute atomic E-state index is 0.0582. The van der Waals surface area contributed by atoms with Gasteiger partial charge in [0, 0.05) is 11.4 Å². The predicted molar refractivity (Wildman–Crippen MR) is 77.9 cm³/mol. The quantitative estimate of drug-likeness (QED) is 0.921. The summed E-state index contributed by atoms with van der Waals surface area (Å²) in [6, 6.07) is 4.12. The normalized spacial score (nSPS) is 30.2. The standard InChI is InChI=1S/C15H22N2OS/c1-11-14(18)17(10-15(2)7-3-4-8-15)13(16-11)12-6-5-9-19-12/h5-6,9,11,13,16H,3-4,7-8,10H2,1-2H3. The van der Waals surface area contributed by atoms with E-state index in [1.807, 2.05) is 6.92 Å². The number of hydrogen-bond acceptors (Lipinski definition) is 3. The van der Waals surface area contributed by atoms with Gasteiger partial charge in [-0.2, -0.15) is 0 Å². The average molecular weight is 278 g/mol. The maximum Gasteiger partial charge on any atom is 0.241 e. The monoisotopic (exact) mass is 278 g/mol. The van der Waals surface area contributed by atoms with Gasteiger partial charge in [0.25, 0.3) is 0 Å². The Morgan fingerprint density at radius 1 is 1.47 bits per heavy atom. The molecule has 1 aliphatic carbocycles. The van der Waals surface area contributed by atoms with Gasteiger partial charge in [-0.05, 0) is 36.6 Å². The Kier molecular flexibility index (Phi) is 3.39. The molecule has 1 saturated carbocycles. The molecule has 3 rings (SSSR count). The van der Waals surface area contributed by atoms with Crippen molar-refractivity contribution in [3.63, 3.8) is 0 Å². The number of nitrogens with zero attached hydrogens (tertiary/aromatic N) is 1. The molecule has 2 heterocycles. The molecule has 1 N–H and O–H groups in total. The summed E-state index contributed by atoms with van der Waals surface area (Å²) in [4.78, 5) is 15.7. The molecule has 4 heteroatoms. The molecule has 2 aliphatic rings. The Labute approximate surface area is 119 Å². The third-order valence-electron chi connectivity index (χ3n) is 4.55. The molecule has 1 amide bonds. The largest absolute Gasteiger partial charge is 0.320 e. The summed E-state index contributed by atoms with van der Waals surface area (Å²) in [5.74, 6) is 0.256. The molecular formula is C15H22N2OS. The van der Waals surface area contributed by atoms with Crippen LogP contribution in [0.5, 0.6) is 0 Å². The van der Waals surface area contributed by atoms with E-state index in [9.17, 15) is 4.79 Å². The molecule has 1 aromatic heterocycles. The highest BCUT2D eigenvalue weighted by molar-refractivity contribution is 7.10. The van der Waals surface area contributed by atoms with E-state index in [1.54, 1.807) is 11.3 Å². The molecule has 104 valence electrons. The second-order valence-electron chi connectivity index (χ2n) is 6.29. The first-order chi connectivity index (χ1) is 9.09.